The van der Waals surface area contributed by atoms with Crippen molar-refractivity contribution in [2.75, 3.05) is 6.61 Å². The molecule has 1 aromatic carbocycles. The highest BCUT2D eigenvalue weighted by Crippen LogP contribution is 2.43. The highest BCUT2D eigenvalue weighted by atomic mass is 79.9. The van der Waals surface area contributed by atoms with Crippen LogP contribution in [0.5, 0.6) is 5.75 Å². The fourth-order valence-electron chi connectivity index (χ4n) is 2.01. The number of rotatable bonds is 5. The minimum atomic E-state index is 0.0538. The van der Waals surface area contributed by atoms with E-state index in [0.29, 0.717) is 22.4 Å². The van der Waals surface area contributed by atoms with Gasteiger partial charge in [0.05, 0.1) is 16.5 Å². The van der Waals surface area contributed by atoms with Gasteiger partial charge in [0.15, 0.2) is 0 Å². The summed E-state index contributed by atoms with van der Waals surface area (Å²) in [5.41, 5.74) is 2.30. The van der Waals surface area contributed by atoms with Gasteiger partial charge >= 0.3 is 0 Å². The molecule has 0 amide bonds. The molecule has 2 rings (SSSR count). The average molecular weight is 394 g/mol. The van der Waals surface area contributed by atoms with Gasteiger partial charge in [-0.15, -0.1) is 11.3 Å². The molecule has 0 spiro atoms. The third-order valence-electron chi connectivity index (χ3n) is 3.02. The Morgan fingerprint density at radius 3 is 2.65 bits per heavy atom. The van der Waals surface area contributed by atoms with Crippen molar-refractivity contribution in [1.29, 1.82) is 0 Å². The highest BCUT2D eigenvalue weighted by Gasteiger charge is 2.20. The summed E-state index contributed by atoms with van der Waals surface area (Å²) in [5, 5.41) is 3.35. The van der Waals surface area contributed by atoms with Crippen molar-refractivity contribution in [2.24, 2.45) is 0 Å². The monoisotopic (exact) mass is 392 g/mol. The van der Waals surface area contributed by atoms with Crippen LogP contribution in [-0.4, -0.2) is 6.61 Å². The third kappa shape index (κ3) is 3.33. The Bertz CT molecular complexity index is 598. The largest absolute Gasteiger partial charge is 0.492 e. The van der Waals surface area contributed by atoms with Gasteiger partial charge in [-0.2, -0.15) is 0 Å². The van der Waals surface area contributed by atoms with Crippen molar-refractivity contribution >= 4 is 50.5 Å². The zero-order chi connectivity index (χ0) is 14.7. The maximum Gasteiger partial charge on any atom is 0.139 e. The summed E-state index contributed by atoms with van der Waals surface area (Å²) in [7, 11) is 0. The topological polar surface area (TPSA) is 9.23 Å². The molecular weight excluding hydrogens is 379 g/mol. The summed E-state index contributed by atoms with van der Waals surface area (Å²) >= 11 is 18.1. The van der Waals surface area contributed by atoms with Gasteiger partial charge in [0, 0.05) is 16.0 Å². The van der Waals surface area contributed by atoms with Crippen molar-refractivity contribution in [3.05, 3.63) is 49.6 Å². The Labute approximate surface area is 142 Å². The maximum absolute atomic E-state index is 6.38. The van der Waals surface area contributed by atoms with E-state index in [0.717, 1.165) is 12.0 Å². The second-order valence-corrected chi connectivity index (χ2v) is 6.94. The highest BCUT2D eigenvalue weighted by molar-refractivity contribution is 9.09. The summed E-state index contributed by atoms with van der Waals surface area (Å²) in [5.74, 6) is 0.629. The van der Waals surface area contributed by atoms with E-state index in [-0.39, 0.29) is 4.83 Å². The van der Waals surface area contributed by atoms with Crippen LogP contribution in [0.4, 0.5) is 0 Å². The van der Waals surface area contributed by atoms with Crippen molar-refractivity contribution in [3.63, 3.8) is 0 Å². The Hall–Kier alpha value is -0.220. The number of ether oxygens (including phenoxy) is 1. The third-order valence-corrected chi connectivity index (χ3v) is 5.92. The summed E-state index contributed by atoms with van der Waals surface area (Å²) < 4.78 is 5.46. The Balaban J connectivity index is 2.40. The van der Waals surface area contributed by atoms with Crippen LogP contribution in [0.2, 0.25) is 10.0 Å². The molecule has 1 aromatic heterocycles. The molecule has 5 heteroatoms. The van der Waals surface area contributed by atoms with E-state index in [1.165, 1.54) is 10.4 Å². The van der Waals surface area contributed by atoms with Gasteiger partial charge in [-0.25, -0.2) is 0 Å². The SMILES string of the molecule is CCOc1cc(Cl)c(C(Br)c2sccc2CC)cc1Cl. The van der Waals surface area contributed by atoms with Gasteiger partial charge in [-0.3, -0.25) is 0 Å². The number of aryl methyl sites for hydroxylation is 1. The van der Waals surface area contributed by atoms with E-state index in [1.807, 2.05) is 13.0 Å². The molecule has 0 bridgehead atoms. The van der Waals surface area contributed by atoms with E-state index in [2.05, 4.69) is 34.3 Å². The Morgan fingerprint density at radius 2 is 2.00 bits per heavy atom. The zero-order valence-corrected chi connectivity index (χ0v) is 15.2. The van der Waals surface area contributed by atoms with E-state index in [4.69, 9.17) is 27.9 Å². The molecular formula is C15H15BrCl2OS. The van der Waals surface area contributed by atoms with Crippen molar-refractivity contribution in [3.8, 4) is 5.75 Å². The van der Waals surface area contributed by atoms with Crippen LogP contribution in [0, 0.1) is 0 Å². The molecule has 20 heavy (non-hydrogen) atoms. The first-order chi connectivity index (χ1) is 9.58. The molecule has 0 aliphatic heterocycles. The van der Waals surface area contributed by atoms with Gasteiger partial charge in [-0.05, 0) is 42.0 Å². The molecule has 2 aromatic rings. The summed E-state index contributed by atoms with van der Waals surface area (Å²) in [4.78, 5) is 1.33. The van der Waals surface area contributed by atoms with E-state index in [9.17, 15) is 0 Å². The normalized spacial score (nSPS) is 12.4. The van der Waals surface area contributed by atoms with Gasteiger partial charge in [0.2, 0.25) is 0 Å². The molecule has 1 unspecified atom stereocenters. The lowest BCUT2D eigenvalue weighted by Gasteiger charge is -2.15. The van der Waals surface area contributed by atoms with Crippen molar-refractivity contribution < 1.29 is 4.74 Å². The van der Waals surface area contributed by atoms with Crippen LogP contribution in [0.1, 0.15) is 34.7 Å². The summed E-state index contributed by atoms with van der Waals surface area (Å²) in [6, 6.07) is 5.82. The zero-order valence-electron chi connectivity index (χ0n) is 11.3. The summed E-state index contributed by atoms with van der Waals surface area (Å²) in [6.45, 7) is 4.64. The molecule has 0 fully saturated rings. The first kappa shape index (κ1) is 16.2. The molecule has 0 saturated carbocycles. The lowest BCUT2D eigenvalue weighted by Crippen LogP contribution is -1.98. The first-order valence-corrected chi connectivity index (χ1v) is 8.95. The average Bonchev–Trinajstić information content (AvgIpc) is 2.90. The maximum atomic E-state index is 6.38. The Kier molecular flexibility index (Phi) is 5.79. The van der Waals surface area contributed by atoms with Crippen molar-refractivity contribution in [1.82, 2.24) is 0 Å². The molecule has 0 saturated heterocycles. The quantitative estimate of drug-likeness (QED) is 0.526. The predicted molar refractivity (Wildman–Crippen MR) is 92.1 cm³/mol. The Morgan fingerprint density at radius 1 is 1.25 bits per heavy atom. The van der Waals surface area contributed by atoms with Crippen LogP contribution in [-0.2, 0) is 6.42 Å². The minimum absolute atomic E-state index is 0.0538. The smallest absolute Gasteiger partial charge is 0.139 e. The number of halogens is 3. The van der Waals surface area contributed by atoms with E-state index >= 15 is 0 Å². The second kappa shape index (κ2) is 7.17. The lowest BCUT2D eigenvalue weighted by molar-refractivity contribution is 0.340. The standard InChI is InChI=1S/C15H15BrCl2OS/c1-3-9-5-6-20-15(9)14(16)10-7-12(18)13(19-4-2)8-11(10)17/h5-8,14H,3-4H2,1-2H3. The lowest BCUT2D eigenvalue weighted by atomic mass is 10.1. The number of thiophene rings is 1. The fraction of sp³-hybridized carbons (Fsp3) is 0.333. The number of hydrogen-bond acceptors (Lipinski definition) is 2. The molecule has 1 atom stereocenters. The van der Waals surface area contributed by atoms with E-state index < -0.39 is 0 Å². The van der Waals surface area contributed by atoms with Crippen LogP contribution < -0.4 is 4.74 Å². The van der Waals surface area contributed by atoms with Crippen molar-refractivity contribution in [2.45, 2.75) is 25.1 Å². The molecule has 1 heterocycles. The first-order valence-electron chi connectivity index (χ1n) is 6.40. The second-order valence-electron chi connectivity index (χ2n) is 4.26. The molecule has 0 aliphatic carbocycles. The van der Waals surface area contributed by atoms with Gasteiger partial charge < -0.3 is 4.74 Å². The van der Waals surface area contributed by atoms with Gasteiger partial charge in [0.1, 0.15) is 5.75 Å². The van der Waals surface area contributed by atoms with Gasteiger partial charge in [0.25, 0.3) is 0 Å². The molecule has 108 valence electrons. The van der Waals surface area contributed by atoms with Crippen LogP contribution in [0.15, 0.2) is 23.6 Å². The molecule has 1 nitrogen and oxygen atoms in total. The van der Waals surface area contributed by atoms with Crippen LogP contribution in [0.3, 0.4) is 0 Å². The number of alkyl halides is 1. The number of benzene rings is 1. The molecule has 0 radical (unpaired) electrons. The summed E-state index contributed by atoms with van der Waals surface area (Å²) in [6.07, 6.45) is 1.00. The molecule has 0 N–H and O–H groups in total. The van der Waals surface area contributed by atoms with Crippen LogP contribution >= 0.6 is 50.5 Å². The fourth-order valence-corrected chi connectivity index (χ4v) is 4.61. The predicted octanol–water partition coefficient (Wildman–Crippen LogP) is 6.50. The minimum Gasteiger partial charge on any atom is -0.492 e. The van der Waals surface area contributed by atoms with E-state index in [1.54, 1.807) is 17.4 Å². The van der Waals surface area contributed by atoms with Crippen LogP contribution in [0.25, 0.3) is 0 Å². The molecule has 0 aliphatic rings. The van der Waals surface area contributed by atoms with Gasteiger partial charge in [-0.1, -0.05) is 46.1 Å². The number of hydrogen-bond donors (Lipinski definition) is 0.